The largest absolute Gasteiger partial charge is 0.465 e. The summed E-state index contributed by atoms with van der Waals surface area (Å²) < 4.78 is 4.84. The van der Waals surface area contributed by atoms with Gasteiger partial charge in [0.15, 0.2) is 0 Å². The van der Waals surface area contributed by atoms with Crippen molar-refractivity contribution in [2.45, 2.75) is 19.4 Å². The number of rotatable bonds is 3. The number of hydrogen-bond acceptors (Lipinski definition) is 4. The lowest BCUT2D eigenvalue weighted by Gasteiger charge is -2.08. The molecule has 6 heteroatoms. The van der Waals surface area contributed by atoms with Gasteiger partial charge in [-0.2, -0.15) is 0 Å². The zero-order chi connectivity index (χ0) is 8.97. The minimum Gasteiger partial charge on any atom is -0.465 e. The van der Waals surface area contributed by atoms with Gasteiger partial charge in [0.1, 0.15) is 6.04 Å². The highest BCUT2D eigenvalue weighted by atomic mass is 16.4. The molecule has 0 fully saturated rings. The van der Waals surface area contributed by atoms with Crippen molar-refractivity contribution in [2.24, 2.45) is 0 Å². The standard InChI is InChI=1S/C6H9N3O3/c1-2-4(8-6(10)11)5-9-7-3-12-5/h3-4,8H,2H2,1H3,(H,10,11). The third-order valence-corrected chi connectivity index (χ3v) is 1.38. The maximum Gasteiger partial charge on any atom is 0.405 e. The van der Waals surface area contributed by atoms with E-state index in [9.17, 15) is 4.79 Å². The van der Waals surface area contributed by atoms with E-state index in [1.165, 1.54) is 6.39 Å². The van der Waals surface area contributed by atoms with Crippen molar-refractivity contribution in [1.29, 1.82) is 0 Å². The van der Waals surface area contributed by atoms with Crippen LogP contribution in [0, 0.1) is 0 Å². The van der Waals surface area contributed by atoms with Gasteiger partial charge in [-0.25, -0.2) is 4.79 Å². The fourth-order valence-corrected chi connectivity index (χ4v) is 0.821. The summed E-state index contributed by atoms with van der Waals surface area (Å²) in [6.45, 7) is 1.82. The average molecular weight is 171 g/mol. The van der Waals surface area contributed by atoms with E-state index in [2.05, 4.69) is 15.5 Å². The normalized spacial score (nSPS) is 12.4. The number of nitrogens with one attached hydrogen (secondary N) is 1. The molecule has 1 unspecified atom stereocenters. The predicted molar refractivity (Wildman–Crippen MR) is 38.5 cm³/mol. The molecule has 0 saturated carbocycles. The summed E-state index contributed by atoms with van der Waals surface area (Å²) in [5.74, 6) is 0.292. The minimum absolute atomic E-state index is 0.292. The van der Waals surface area contributed by atoms with E-state index < -0.39 is 12.1 Å². The third kappa shape index (κ3) is 1.94. The third-order valence-electron chi connectivity index (χ3n) is 1.38. The van der Waals surface area contributed by atoms with Gasteiger partial charge in [0.05, 0.1) is 0 Å². The second-order valence-electron chi connectivity index (χ2n) is 2.19. The predicted octanol–water partition coefficient (Wildman–Crippen LogP) is 0.788. The molecule has 6 nitrogen and oxygen atoms in total. The first kappa shape index (κ1) is 8.51. The molecule has 0 aromatic carbocycles. The number of amides is 1. The molecule has 0 aliphatic rings. The Hall–Kier alpha value is -1.59. The zero-order valence-electron chi connectivity index (χ0n) is 6.52. The van der Waals surface area contributed by atoms with Crippen molar-refractivity contribution in [3.63, 3.8) is 0 Å². The summed E-state index contributed by atoms with van der Waals surface area (Å²) in [6, 6.07) is -0.412. The monoisotopic (exact) mass is 171 g/mol. The lowest BCUT2D eigenvalue weighted by Crippen LogP contribution is -2.26. The van der Waals surface area contributed by atoms with Crippen molar-refractivity contribution >= 4 is 6.09 Å². The summed E-state index contributed by atoms with van der Waals surface area (Å²) in [4.78, 5) is 10.3. The number of nitrogens with zero attached hydrogens (tertiary/aromatic N) is 2. The lowest BCUT2D eigenvalue weighted by atomic mass is 10.2. The van der Waals surface area contributed by atoms with Crippen LogP contribution in [0.2, 0.25) is 0 Å². The van der Waals surface area contributed by atoms with E-state index in [0.29, 0.717) is 12.3 Å². The van der Waals surface area contributed by atoms with Crippen molar-refractivity contribution in [3.8, 4) is 0 Å². The van der Waals surface area contributed by atoms with E-state index in [4.69, 9.17) is 9.52 Å². The average Bonchev–Trinajstić information content (AvgIpc) is 2.51. The van der Waals surface area contributed by atoms with Crippen LogP contribution in [-0.4, -0.2) is 21.4 Å². The first-order valence-corrected chi connectivity index (χ1v) is 3.49. The molecule has 1 aromatic rings. The second kappa shape index (κ2) is 3.70. The van der Waals surface area contributed by atoms with Crippen LogP contribution in [0.4, 0.5) is 4.79 Å². The fraction of sp³-hybridized carbons (Fsp3) is 0.500. The van der Waals surface area contributed by atoms with Crippen molar-refractivity contribution < 1.29 is 14.3 Å². The van der Waals surface area contributed by atoms with Crippen LogP contribution in [0.5, 0.6) is 0 Å². The highest BCUT2D eigenvalue weighted by Gasteiger charge is 2.15. The zero-order valence-corrected chi connectivity index (χ0v) is 6.52. The van der Waals surface area contributed by atoms with E-state index in [1.807, 2.05) is 6.92 Å². The molecule has 0 spiro atoms. The first-order valence-electron chi connectivity index (χ1n) is 3.49. The van der Waals surface area contributed by atoms with Crippen LogP contribution < -0.4 is 5.32 Å². The molecule has 2 N–H and O–H groups in total. The topological polar surface area (TPSA) is 88.2 Å². The molecule has 0 aliphatic carbocycles. The minimum atomic E-state index is -1.10. The van der Waals surface area contributed by atoms with E-state index in [1.54, 1.807) is 0 Å². The van der Waals surface area contributed by atoms with E-state index in [-0.39, 0.29) is 0 Å². The molecule has 1 heterocycles. The summed E-state index contributed by atoms with van der Waals surface area (Å²) in [5.41, 5.74) is 0. The quantitative estimate of drug-likeness (QED) is 0.701. The molecule has 0 aliphatic heterocycles. The van der Waals surface area contributed by atoms with Crippen molar-refractivity contribution in [3.05, 3.63) is 12.3 Å². The Morgan fingerprint density at radius 2 is 2.67 bits per heavy atom. The van der Waals surface area contributed by atoms with Gasteiger partial charge in [0.25, 0.3) is 0 Å². The molecular weight excluding hydrogens is 162 g/mol. The van der Waals surface area contributed by atoms with Gasteiger partial charge < -0.3 is 14.8 Å². The van der Waals surface area contributed by atoms with Crippen LogP contribution in [0.15, 0.2) is 10.8 Å². The van der Waals surface area contributed by atoms with Crippen LogP contribution in [-0.2, 0) is 0 Å². The Morgan fingerprint density at radius 3 is 3.08 bits per heavy atom. The van der Waals surface area contributed by atoms with Crippen molar-refractivity contribution in [1.82, 2.24) is 15.5 Å². The van der Waals surface area contributed by atoms with Crippen LogP contribution in [0.1, 0.15) is 25.3 Å². The highest BCUT2D eigenvalue weighted by molar-refractivity contribution is 5.64. The molecular formula is C6H9N3O3. The molecule has 1 rings (SSSR count). The van der Waals surface area contributed by atoms with Crippen LogP contribution in [0.3, 0.4) is 0 Å². The van der Waals surface area contributed by atoms with Gasteiger partial charge in [-0.05, 0) is 6.42 Å². The van der Waals surface area contributed by atoms with Gasteiger partial charge in [-0.15, -0.1) is 10.2 Å². The molecule has 0 saturated heterocycles. The van der Waals surface area contributed by atoms with Crippen LogP contribution >= 0.6 is 0 Å². The number of aromatic nitrogens is 2. The van der Waals surface area contributed by atoms with E-state index in [0.717, 1.165) is 0 Å². The Balaban J connectivity index is 2.63. The maximum absolute atomic E-state index is 10.3. The molecule has 1 atom stereocenters. The highest BCUT2D eigenvalue weighted by Crippen LogP contribution is 2.12. The molecule has 1 amide bonds. The summed E-state index contributed by atoms with van der Waals surface area (Å²) in [6.07, 6.45) is 0.649. The summed E-state index contributed by atoms with van der Waals surface area (Å²) in [5, 5.41) is 17.7. The Bertz CT molecular complexity index is 247. The summed E-state index contributed by atoms with van der Waals surface area (Å²) >= 11 is 0. The maximum atomic E-state index is 10.3. The Labute approximate surface area is 68.6 Å². The van der Waals surface area contributed by atoms with Crippen molar-refractivity contribution in [2.75, 3.05) is 0 Å². The van der Waals surface area contributed by atoms with Crippen LogP contribution in [0.25, 0.3) is 0 Å². The van der Waals surface area contributed by atoms with Gasteiger partial charge >= 0.3 is 6.09 Å². The molecule has 0 bridgehead atoms. The number of hydrogen-bond donors (Lipinski definition) is 2. The first-order chi connectivity index (χ1) is 5.74. The molecule has 0 radical (unpaired) electrons. The Morgan fingerprint density at radius 1 is 1.92 bits per heavy atom. The smallest absolute Gasteiger partial charge is 0.405 e. The number of carbonyl (C=O) groups is 1. The molecule has 66 valence electrons. The SMILES string of the molecule is CCC(NC(=O)O)c1nnco1. The van der Waals surface area contributed by atoms with E-state index >= 15 is 0 Å². The fourth-order valence-electron chi connectivity index (χ4n) is 0.821. The van der Waals surface area contributed by atoms with Gasteiger partial charge in [-0.3, -0.25) is 0 Å². The number of carboxylic acid groups (broad SMARTS) is 1. The summed E-state index contributed by atoms with van der Waals surface area (Å²) in [7, 11) is 0. The van der Waals surface area contributed by atoms with Gasteiger partial charge in [-0.1, -0.05) is 6.92 Å². The van der Waals surface area contributed by atoms with Gasteiger partial charge in [0.2, 0.25) is 12.3 Å². The second-order valence-corrected chi connectivity index (χ2v) is 2.19. The molecule has 12 heavy (non-hydrogen) atoms. The molecule has 1 aromatic heterocycles. The lowest BCUT2D eigenvalue weighted by molar-refractivity contribution is 0.187. The Kier molecular flexibility index (Phi) is 2.62. The van der Waals surface area contributed by atoms with Gasteiger partial charge in [0, 0.05) is 0 Å².